The molecule has 0 aliphatic rings. The van der Waals surface area contributed by atoms with Gasteiger partial charge < -0.3 is 4.74 Å². The predicted octanol–water partition coefficient (Wildman–Crippen LogP) is 4.60. The van der Waals surface area contributed by atoms with Gasteiger partial charge in [0.15, 0.2) is 5.82 Å². The summed E-state index contributed by atoms with van der Waals surface area (Å²) in [6.45, 7) is 3.85. The van der Waals surface area contributed by atoms with Crippen molar-refractivity contribution in [3.63, 3.8) is 0 Å². The molecule has 110 valence electrons. The van der Waals surface area contributed by atoms with Gasteiger partial charge in [-0.2, -0.15) is 4.98 Å². The summed E-state index contributed by atoms with van der Waals surface area (Å²) in [5.74, 6) is 1.69. The molecule has 0 N–H and O–H groups in total. The lowest BCUT2D eigenvalue weighted by molar-refractivity contribution is 0.457. The lowest BCUT2D eigenvalue weighted by atomic mass is 10.2. The zero-order valence-corrected chi connectivity index (χ0v) is 13.0. The first-order valence-corrected chi connectivity index (χ1v) is 7.21. The highest BCUT2D eigenvalue weighted by atomic mass is 35.5. The maximum atomic E-state index is 5.99. The lowest BCUT2D eigenvalue weighted by Crippen LogP contribution is -2.01. The van der Waals surface area contributed by atoms with Crippen LogP contribution >= 0.6 is 11.6 Å². The summed E-state index contributed by atoms with van der Waals surface area (Å²) >= 11 is 5.99. The zero-order chi connectivity index (χ0) is 15.5. The summed E-state index contributed by atoms with van der Waals surface area (Å²) in [7, 11) is 0. The Labute approximate surface area is 133 Å². The monoisotopic (exact) mass is 311 g/mol. The number of aryl methyl sites for hydroxylation is 1. The number of pyridine rings is 1. The summed E-state index contributed by atoms with van der Waals surface area (Å²) in [6.07, 6.45) is 1.71. The van der Waals surface area contributed by atoms with Gasteiger partial charge in [0.05, 0.1) is 0 Å². The summed E-state index contributed by atoms with van der Waals surface area (Å²) < 4.78 is 5.87. The Morgan fingerprint density at radius 1 is 1.00 bits per heavy atom. The number of hydrogen-bond donors (Lipinski definition) is 0. The molecule has 0 atom stereocenters. The maximum absolute atomic E-state index is 5.99. The van der Waals surface area contributed by atoms with Crippen molar-refractivity contribution >= 4 is 11.6 Å². The molecule has 22 heavy (non-hydrogen) atoms. The summed E-state index contributed by atoms with van der Waals surface area (Å²) in [5, 5.41) is 0.617. The van der Waals surface area contributed by atoms with Crippen molar-refractivity contribution in [2.75, 3.05) is 0 Å². The smallest absolute Gasteiger partial charge is 0.226 e. The van der Waals surface area contributed by atoms with Crippen LogP contribution in [-0.2, 0) is 0 Å². The topological polar surface area (TPSA) is 47.9 Å². The van der Waals surface area contributed by atoms with E-state index in [-0.39, 0.29) is 0 Å². The Hall–Kier alpha value is -2.46. The van der Waals surface area contributed by atoms with E-state index in [0.29, 0.717) is 28.2 Å². The number of aromatic nitrogens is 3. The van der Waals surface area contributed by atoms with Crippen LogP contribution in [0.4, 0.5) is 0 Å². The Morgan fingerprint density at radius 2 is 1.86 bits per heavy atom. The number of nitrogens with zero attached hydrogens (tertiary/aromatic N) is 3. The van der Waals surface area contributed by atoms with E-state index >= 15 is 0 Å². The molecule has 3 aromatic rings. The number of rotatable bonds is 3. The van der Waals surface area contributed by atoms with Crippen LogP contribution in [0.15, 0.2) is 48.7 Å². The molecule has 0 spiro atoms. The van der Waals surface area contributed by atoms with E-state index in [4.69, 9.17) is 16.3 Å². The first-order chi connectivity index (χ1) is 10.6. The predicted molar refractivity (Wildman–Crippen MR) is 86.3 cm³/mol. The lowest BCUT2D eigenvalue weighted by Gasteiger charge is -2.11. The highest BCUT2D eigenvalue weighted by Gasteiger charge is 2.12. The standard InChI is InChI=1S/C17H14ClN3O/c1-11-12(2)20-16(15-8-3-4-9-19-15)21-17(11)22-14-7-5-6-13(18)10-14/h3-10H,1-2H3. The van der Waals surface area contributed by atoms with Crippen LogP contribution in [0, 0.1) is 13.8 Å². The van der Waals surface area contributed by atoms with Gasteiger partial charge in [-0.15, -0.1) is 0 Å². The zero-order valence-electron chi connectivity index (χ0n) is 12.2. The molecule has 3 rings (SSSR count). The van der Waals surface area contributed by atoms with E-state index in [2.05, 4.69) is 15.0 Å². The minimum atomic E-state index is 0.510. The molecule has 1 aromatic carbocycles. The fourth-order valence-corrected chi connectivity index (χ4v) is 2.13. The van der Waals surface area contributed by atoms with Crippen LogP contribution in [0.2, 0.25) is 5.02 Å². The Morgan fingerprint density at radius 3 is 2.59 bits per heavy atom. The second kappa shape index (κ2) is 6.12. The molecule has 2 heterocycles. The number of hydrogen-bond acceptors (Lipinski definition) is 4. The molecule has 0 amide bonds. The third-order valence-electron chi connectivity index (χ3n) is 3.25. The first kappa shape index (κ1) is 14.5. The van der Waals surface area contributed by atoms with Crippen molar-refractivity contribution in [1.29, 1.82) is 0 Å². The SMILES string of the molecule is Cc1nc(-c2ccccn2)nc(Oc2cccc(Cl)c2)c1C. The molecule has 0 saturated carbocycles. The van der Waals surface area contributed by atoms with Crippen molar-refractivity contribution < 1.29 is 4.74 Å². The number of ether oxygens (including phenoxy) is 1. The Kier molecular flexibility index (Phi) is 4.02. The van der Waals surface area contributed by atoms with Gasteiger partial charge in [0, 0.05) is 22.5 Å². The molecule has 0 saturated heterocycles. The van der Waals surface area contributed by atoms with E-state index in [9.17, 15) is 0 Å². The van der Waals surface area contributed by atoms with Gasteiger partial charge in [-0.05, 0) is 44.2 Å². The van der Waals surface area contributed by atoms with E-state index in [1.165, 1.54) is 0 Å². The maximum Gasteiger partial charge on any atom is 0.226 e. The molecule has 0 unspecified atom stereocenters. The molecule has 0 aliphatic carbocycles. The van der Waals surface area contributed by atoms with Crippen LogP contribution in [0.25, 0.3) is 11.5 Å². The average molecular weight is 312 g/mol. The van der Waals surface area contributed by atoms with Gasteiger partial charge in [-0.3, -0.25) is 4.98 Å². The molecule has 0 radical (unpaired) electrons. The molecule has 4 nitrogen and oxygen atoms in total. The van der Waals surface area contributed by atoms with Gasteiger partial charge in [-0.1, -0.05) is 23.7 Å². The van der Waals surface area contributed by atoms with Crippen molar-refractivity contribution in [1.82, 2.24) is 15.0 Å². The first-order valence-electron chi connectivity index (χ1n) is 6.83. The van der Waals surface area contributed by atoms with Crippen LogP contribution in [0.1, 0.15) is 11.3 Å². The van der Waals surface area contributed by atoms with E-state index < -0.39 is 0 Å². The fourth-order valence-electron chi connectivity index (χ4n) is 1.95. The Balaban J connectivity index is 2.02. The minimum Gasteiger partial charge on any atom is -0.439 e. The van der Waals surface area contributed by atoms with Crippen molar-refractivity contribution in [2.45, 2.75) is 13.8 Å². The summed E-state index contributed by atoms with van der Waals surface area (Å²) in [5.41, 5.74) is 2.45. The average Bonchev–Trinajstić information content (AvgIpc) is 2.52. The number of benzene rings is 1. The van der Waals surface area contributed by atoms with Crippen LogP contribution in [0.3, 0.4) is 0 Å². The van der Waals surface area contributed by atoms with Crippen molar-refractivity contribution in [3.05, 3.63) is 64.9 Å². The molecule has 0 aliphatic heterocycles. The van der Waals surface area contributed by atoms with Gasteiger partial charge in [-0.25, -0.2) is 4.98 Å². The second-order valence-corrected chi connectivity index (χ2v) is 5.27. The molecular weight excluding hydrogens is 298 g/mol. The van der Waals surface area contributed by atoms with Gasteiger partial charge in [0.1, 0.15) is 11.4 Å². The molecule has 0 bridgehead atoms. The largest absolute Gasteiger partial charge is 0.439 e. The van der Waals surface area contributed by atoms with Gasteiger partial charge >= 0.3 is 0 Å². The fraction of sp³-hybridized carbons (Fsp3) is 0.118. The Bertz CT molecular complexity index is 806. The molecule has 5 heteroatoms. The van der Waals surface area contributed by atoms with Crippen LogP contribution < -0.4 is 4.74 Å². The third kappa shape index (κ3) is 3.07. The summed E-state index contributed by atoms with van der Waals surface area (Å²) in [4.78, 5) is 13.3. The van der Waals surface area contributed by atoms with Crippen LogP contribution in [0.5, 0.6) is 11.6 Å². The molecular formula is C17H14ClN3O. The highest BCUT2D eigenvalue weighted by molar-refractivity contribution is 6.30. The quantitative estimate of drug-likeness (QED) is 0.709. The van der Waals surface area contributed by atoms with Gasteiger partial charge in [0.2, 0.25) is 5.88 Å². The normalized spacial score (nSPS) is 10.5. The summed E-state index contributed by atoms with van der Waals surface area (Å²) in [6, 6.07) is 12.8. The number of halogens is 1. The van der Waals surface area contributed by atoms with Gasteiger partial charge in [0.25, 0.3) is 0 Å². The van der Waals surface area contributed by atoms with Crippen molar-refractivity contribution in [3.8, 4) is 23.1 Å². The second-order valence-electron chi connectivity index (χ2n) is 4.84. The highest BCUT2D eigenvalue weighted by Crippen LogP contribution is 2.28. The molecule has 0 fully saturated rings. The van der Waals surface area contributed by atoms with E-state index in [1.807, 2.05) is 44.2 Å². The van der Waals surface area contributed by atoms with E-state index in [0.717, 1.165) is 11.3 Å². The van der Waals surface area contributed by atoms with E-state index in [1.54, 1.807) is 18.3 Å². The minimum absolute atomic E-state index is 0.510. The van der Waals surface area contributed by atoms with Crippen molar-refractivity contribution in [2.24, 2.45) is 0 Å². The van der Waals surface area contributed by atoms with Crippen LogP contribution in [-0.4, -0.2) is 15.0 Å². The third-order valence-corrected chi connectivity index (χ3v) is 3.48. The molecule has 2 aromatic heterocycles.